The third kappa shape index (κ3) is 3.60. The lowest BCUT2D eigenvalue weighted by atomic mass is 10.2. The normalized spacial score (nSPS) is 10.8. The molecule has 0 heterocycles. The van der Waals surface area contributed by atoms with Crippen LogP contribution in [0.3, 0.4) is 0 Å². The minimum atomic E-state index is -0.253. The summed E-state index contributed by atoms with van der Waals surface area (Å²) in [4.78, 5) is 1.22. The van der Waals surface area contributed by atoms with Crippen molar-refractivity contribution >= 4 is 23.7 Å². The molecule has 0 radical (unpaired) electrons. The zero-order chi connectivity index (χ0) is 12.8. The number of anilines is 1. The summed E-state index contributed by atoms with van der Waals surface area (Å²) in [7, 11) is 0. The Labute approximate surface area is 110 Å². The van der Waals surface area contributed by atoms with Crippen LogP contribution in [0.5, 0.6) is 0 Å². The highest BCUT2D eigenvalue weighted by Gasteiger charge is 1.92. The second kappa shape index (κ2) is 6.21. The molecule has 0 aliphatic carbocycles. The highest BCUT2D eigenvalue weighted by Crippen LogP contribution is 2.14. The van der Waals surface area contributed by atoms with Crippen LogP contribution in [0.1, 0.15) is 5.56 Å². The van der Waals surface area contributed by atoms with Crippen molar-refractivity contribution in [1.82, 2.24) is 0 Å². The van der Waals surface area contributed by atoms with Gasteiger partial charge in [0.2, 0.25) is 0 Å². The Balaban J connectivity index is 1.96. The van der Waals surface area contributed by atoms with E-state index < -0.39 is 0 Å². The maximum absolute atomic E-state index is 12.7. The summed E-state index contributed by atoms with van der Waals surface area (Å²) >= 11 is 1.70. The number of halogens is 1. The van der Waals surface area contributed by atoms with Crippen molar-refractivity contribution in [3.8, 4) is 0 Å². The molecule has 2 rings (SSSR count). The molecule has 0 bridgehead atoms. The van der Waals surface area contributed by atoms with Crippen molar-refractivity contribution in [1.29, 1.82) is 0 Å². The zero-order valence-electron chi connectivity index (χ0n) is 9.93. The lowest BCUT2D eigenvalue weighted by molar-refractivity contribution is 0.628. The minimum absolute atomic E-state index is 0.253. The largest absolute Gasteiger partial charge is 0.279 e. The quantitative estimate of drug-likeness (QED) is 0.510. The number of hydrogen-bond acceptors (Lipinski definition) is 3. The monoisotopic (exact) mass is 260 g/mol. The highest BCUT2D eigenvalue weighted by atomic mass is 32.2. The van der Waals surface area contributed by atoms with Crippen molar-refractivity contribution in [2.45, 2.75) is 4.90 Å². The number of benzene rings is 2. The van der Waals surface area contributed by atoms with Gasteiger partial charge in [0, 0.05) is 4.90 Å². The lowest BCUT2D eigenvalue weighted by Gasteiger charge is -2.00. The van der Waals surface area contributed by atoms with E-state index in [2.05, 4.69) is 10.5 Å². The molecule has 0 atom stereocenters. The molecule has 2 aromatic rings. The number of rotatable bonds is 4. The highest BCUT2D eigenvalue weighted by molar-refractivity contribution is 7.98. The van der Waals surface area contributed by atoms with E-state index in [-0.39, 0.29) is 5.82 Å². The van der Waals surface area contributed by atoms with Gasteiger partial charge in [-0.15, -0.1) is 11.8 Å². The predicted octanol–water partition coefficient (Wildman–Crippen LogP) is 3.99. The molecule has 4 heteroatoms. The topological polar surface area (TPSA) is 24.4 Å². The molecule has 0 spiro atoms. The summed E-state index contributed by atoms with van der Waals surface area (Å²) in [5.41, 5.74) is 4.62. The van der Waals surface area contributed by atoms with Gasteiger partial charge in [-0.05, 0) is 48.2 Å². The van der Waals surface area contributed by atoms with Crippen LogP contribution in [-0.4, -0.2) is 12.5 Å². The van der Waals surface area contributed by atoms with E-state index in [1.807, 2.05) is 30.5 Å². The molecule has 18 heavy (non-hydrogen) atoms. The fraction of sp³-hybridized carbons (Fsp3) is 0.0714. The Hall–Kier alpha value is -1.81. The van der Waals surface area contributed by atoms with E-state index in [0.29, 0.717) is 0 Å². The van der Waals surface area contributed by atoms with E-state index in [1.54, 1.807) is 30.1 Å². The Morgan fingerprint density at radius 3 is 2.33 bits per heavy atom. The van der Waals surface area contributed by atoms with Gasteiger partial charge in [-0.2, -0.15) is 5.10 Å². The molecule has 0 amide bonds. The molecule has 92 valence electrons. The van der Waals surface area contributed by atoms with Crippen LogP contribution < -0.4 is 5.43 Å². The number of thioether (sulfide) groups is 1. The maximum Gasteiger partial charge on any atom is 0.123 e. The van der Waals surface area contributed by atoms with Gasteiger partial charge in [-0.1, -0.05) is 12.1 Å². The third-order valence-electron chi connectivity index (χ3n) is 2.37. The lowest BCUT2D eigenvalue weighted by Crippen LogP contribution is -1.90. The van der Waals surface area contributed by atoms with Crippen LogP contribution in [-0.2, 0) is 0 Å². The Bertz CT molecular complexity index is 520. The van der Waals surface area contributed by atoms with Gasteiger partial charge in [-0.3, -0.25) is 5.43 Å². The first-order chi connectivity index (χ1) is 8.78. The predicted molar refractivity (Wildman–Crippen MR) is 75.8 cm³/mol. The first-order valence-electron chi connectivity index (χ1n) is 5.46. The van der Waals surface area contributed by atoms with Gasteiger partial charge in [0.05, 0.1) is 11.9 Å². The van der Waals surface area contributed by atoms with Gasteiger partial charge in [0.1, 0.15) is 5.82 Å². The second-order valence-electron chi connectivity index (χ2n) is 3.65. The SMILES string of the molecule is CSc1ccc(/C=N/Nc2ccc(F)cc2)cc1. The summed E-state index contributed by atoms with van der Waals surface area (Å²) in [6, 6.07) is 14.2. The smallest absolute Gasteiger partial charge is 0.123 e. The molecule has 0 aliphatic rings. The molecule has 0 saturated heterocycles. The van der Waals surface area contributed by atoms with Crippen molar-refractivity contribution < 1.29 is 4.39 Å². The van der Waals surface area contributed by atoms with Crippen molar-refractivity contribution in [3.05, 3.63) is 59.9 Å². The summed E-state index contributed by atoms with van der Waals surface area (Å²) < 4.78 is 12.7. The van der Waals surface area contributed by atoms with Crippen molar-refractivity contribution in [2.75, 3.05) is 11.7 Å². The molecule has 1 N–H and O–H groups in total. The fourth-order valence-electron chi connectivity index (χ4n) is 1.40. The fourth-order valence-corrected chi connectivity index (χ4v) is 1.80. The Morgan fingerprint density at radius 1 is 1.06 bits per heavy atom. The van der Waals surface area contributed by atoms with E-state index in [0.717, 1.165) is 11.3 Å². The van der Waals surface area contributed by atoms with Gasteiger partial charge >= 0.3 is 0 Å². The first-order valence-corrected chi connectivity index (χ1v) is 6.69. The Kier molecular flexibility index (Phi) is 4.36. The zero-order valence-corrected chi connectivity index (χ0v) is 10.7. The van der Waals surface area contributed by atoms with Crippen LogP contribution in [0.25, 0.3) is 0 Å². The standard InChI is InChI=1S/C14H13FN2S/c1-18-14-8-2-11(3-9-14)10-16-17-13-6-4-12(15)5-7-13/h2-10,17H,1H3/b16-10+. The molecule has 0 aliphatic heterocycles. The Morgan fingerprint density at radius 2 is 1.72 bits per heavy atom. The summed E-state index contributed by atoms with van der Waals surface area (Å²) in [5, 5.41) is 4.09. The number of nitrogens with one attached hydrogen (secondary N) is 1. The second-order valence-corrected chi connectivity index (χ2v) is 4.53. The molecule has 2 nitrogen and oxygen atoms in total. The van der Waals surface area contributed by atoms with E-state index in [9.17, 15) is 4.39 Å². The van der Waals surface area contributed by atoms with Crippen molar-refractivity contribution in [2.24, 2.45) is 5.10 Å². The van der Waals surface area contributed by atoms with Crippen molar-refractivity contribution in [3.63, 3.8) is 0 Å². The molecule has 0 unspecified atom stereocenters. The number of hydrazone groups is 1. The average molecular weight is 260 g/mol. The summed E-state index contributed by atoms with van der Waals surface area (Å²) in [6.07, 6.45) is 3.77. The summed E-state index contributed by atoms with van der Waals surface area (Å²) in [5.74, 6) is -0.253. The minimum Gasteiger partial charge on any atom is -0.279 e. The molecular weight excluding hydrogens is 247 g/mol. The van der Waals surface area contributed by atoms with Crippen LogP contribution in [0, 0.1) is 5.82 Å². The van der Waals surface area contributed by atoms with Crippen LogP contribution in [0.4, 0.5) is 10.1 Å². The van der Waals surface area contributed by atoms with E-state index in [4.69, 9.17) is 0 Å². The molecular formula is C14H13FN2S. The molecule has 0 fully saturated rings. The molecule has 2 aromatic carbocycles. The maximum atomic E-state index is 12.7. The average Bonchev–Trinajstić information content (AvgIpc) is 2.42. The van der Waals surface area contributed by atoms with E-state index in [1.165, 1.54) is 17.0 Å². The first kappa shape index (κ1) is 12.6. The van der Waals surface area contributed by atoms with Crippen LogP contribution >= 0.6 is 11.8 Å². The summed E-state index contributed by atoms with van der Waals surface area (Å²) in [6.45, 7) is 0. The van der Waals surface area contributed by atoms with Gasteiger partial charge < -0.3 is 0 Å². The molecule has 0 saturated carbocycles. The van der Waals surface area contributed by atoms with Gasteiger partial charge in [-0.25, -0.2) is 4.39 Å². The van der Waals surface area contributed by atoms with E-state index >= 15 is 0 Å². The van der Waals surface area contributed by atoms with Crippen LogP contribution in [0.2, 0.25) is 0 Å². The third-order valence-corrected chi connectivity index (χ3v) is 3.11. The number of hydrogen-bond donors (Lipinski definition) is 1. The van der Waals surface area contributed by atoms with Crippen LogP contribution in [0.15, 0.2) is 58.5 Å². The van der Waals surface area contributed by atoms with Gasteiger partial charge in [0.15, 0.2) is 0 Å². The number of nitrogens with zero attached hydrogens (tertiary/aromatic N) is 1. The van der Waals surface area contributed by atoms with Gasteiger partial charge in [0.25, 0.3) is 0 Å². The molecule has 0 aromatic heterocycles.